The first-order chi connectivity index (χ1) is 14.4. The molecule has 1 saturated carbocycles. The standard InChI is InChI=1S/C19H22ClN3O5S2/c20-15-10-22-19(29-15)23-17(24)13(9-11-4-7-28-8-5-11)16-14(3-6-21-18(16)25)30(26,27)12-1-2-12/h3,6,10-13H,1-2,4-5,7-9H2,(H,21,25)(H,22,23,24)/t13-/m1/s1. The number of ether oxygens (including phenoxy) is 1. The number of aromatic amines is 1. The number of anilines is 1. The van der Waals surface area contributed by atoms with E-state index in [2.05, 4.69) is 15.3 Å². The van der Waals surface area contributed by atoms with Gasteiger partial charge in [-0.3, -0.25) is 9.59 Å². The summed E-state index contributed by atoms with van der Waals surface area (Å²) in [7, 11) is -3.67. The average molecular weight is 472 g/mol. The van der Waals surface area contributed by atoms with E-state index in [4.69, 9.17) is 16.3 Å². The normalized spacial score (nSPS) is 18.8. The van der Waals surface area contributed by atoms with Gasteiger partial charge in [0.1, 0.15) is 4.34 Å². The van der Waals surface area contributed by atoms with Crippen LogP contribution in [0.5, 0.6) is 0 Å². The molecule has 2 aromatic heterocycles. The largest absolute Gasteiger partial charge is 0.381 e. The molecule has 2 N–H and O–H groups in total. The second kappa shape index (κ2) is 8.78. The third-order valence-electron chi connectivity index (χ3n) is 5.51. The molecule has 1 saturated heterocycles. The summed E-state index contributed by atoms with van der Waals surface area (Å²) in [6.45, 7) is 1.17. The van der Waals surface area contributed by atoms with Crippen LogP contribution in [0.1, 0.15) is 43.6 Å². The number of halogens is 1. The molecule has 11 heteroatoms. The number of nitrogens with one attached hydrogen (secondary N) is 2. The first-order valence-electron chi connectivity index (χ1n) is 9.81. The van der Waals surface area contributed by atoms with Crippen LogP contribution in [-0.4, -0.2) is 42.8 Å². The topological polar surface area (TPSA) is 118 Å². The molecule has 0 aromatic carbocycles. The van der Waals surface area contributed by atoms with E-state index in [9.17, 15) is 18.0 Å². The van der Waals surface area contributed by atoms with Crippen molar-refractivity contribution in [3.63, 3.8) is 0 Å². The maximum Gasteiger partial charge on any atom is 0.253 e. The van der Waals surface area contributed by atoms with Gasteiger partial charge in [-0.1, -0.05) is 22.9 Å². The molecule has 8 nitrogen and oxygen atoms in total. The number of nitrogens with zero attached hydrogens (tertiary/aromatic N) is 1. The second-order valence-electron chi connectivity index (χ2n) is 7.63. The Morgan fingerprint density at radius 3 is 2.70 bits per heavy atom. The number of amides is 1. The van der Waals surface area contributed by atoms with Crippen molar-refractivity contribution >= 4 is 43.8 Å². The van der Waals surface area contributed by atoms with Crippen molar-refractivity contribution in [1.29, 1.82) is 0 Å². The Labute approximate surface area is 182 Å². The molecular formula is C19H22ClN3O5S2. The number of H-pyrrole nitrogens is 1. The highest BCUT2D eigenvalue weighted by molar-refractivity contribution is 7.92. The highest BCUT2D eigenvalue weighted by Gasteiger charge is 2.41. The van der Waals surface area contributed by atoms with Crippen LogP contribution in [0.4, 0.5) is 5.13 Å². The van der Waals surface area contributed by atoms with Crippen LogP contribution >= 0.6 is 22.9 Å². The average Bonchev–Trinajstić information content (AvgIpc) is 3.51. The lowest BCUT2D eigenvalue weighted by atomic mass is 9.85. The van der Waals surface area contributed by atoms with E-state index in [1.54, 1.807) is 0 Å². The number of thiazole rings is 1. The van der Waals surface area contributed by atoms with Crippen molar-refractivity contribution in [3.05, 3.63) is 38.7 Å². The van der Waals surface area contributed by atoms with Crippen molar-refractivity contribution in [2.75, 3.05) is 18.5 Å². The van der Waals surface area contributed by atoms with Crippen LogP contribution in [0.2, 0.25) is 4.34 Å². The lowest BCUT2D eigenvalue weighted by Crippen LogP contribution is -2.32. The zero-order valence-electron chi connectivity index (χ0n) is 16.1. The SMILES string of the molecule is O=C(Nc1ncc(Cl)s1)[C@H](CC1CCOCC1)c1c(S(=O)(=O)C2CC2)cc[nH]c1=O. The van der Waals surface area contributed by atoms with E-state index < -0.39 is 32.5 Å². The summed E-state index contributed by atoms with van der Waals surface area (Å²) in [4.78, 5) is 32.6. The maximum absolute atomic E-state index is 13.2. The number of carbonyl (C=O) groups is 1. The molecule has 0 radical (unpaired) electrons. The van der Waals surface area contributed by atoms with Gasteiger partial charge in [0.25, 0.3) is 5.56 Å². The number of hydrogen-bond donors (Lipinski definition) is 2. The maximum atomic E-state index is 13.2. The summed E-state index contributed by atoms with van der Waals surface area (Å²) in [5.41, 5.74) is -0.544. The summed E-state index contributed by atoms with van der Waals surface area (Å²) >= 11 is 7.01. The number of aromatic nitrogens is 2. The van der Waals surface area contributed by atoms with Gasteiger partial charge in [-0.15, -0.1) is 0 Å². The van der Waals surface area contributed by atoms with E-state index in [1.807, 2.05) is 0 Å². The van der Waals surface area contributed by atoms with E-state index in [0.717, 1.165) is 24.2 Å². The molecule has 4 rings (SSSR count). The summed E-state index contributed by atoms with van der Waals surface area (Å²) in [6.07, 6.45) is 5.75. The monoisotopic (exact) mass is 471 g/mol. The first-order valence-corrected chi connectivity index (χ1v) is 12.6. The van der Waals surface area contributed by atoms with Crippen molar-refractivity contribution in [3.8, 4) is 0 Å². The molecule has 3 heterocycles. The van der Waals surface area contributed by atoms with Crippen LogP contribution in [0.3, 0.4) is 0 Å². The van der Waals surface area contributed by atoms with Gasteiger partial charge < -0.3 is 15.0 Å². The van der Waals surface area contributed by atoms with E-state index in [1.165, 1.54) is 18.5 Å². The smallest absolute Gasteiger partial charge is 0.253 e. The van der Waals surface area contributed by atoms with Crippen molar-refractivity contribution < 1.29 is 17.9 Å². The van der Waals surface area contributed by atoms with Gasteiger partial charge in [0.2, 0.25) is 5.91 Å². The van der Waals surface area contributed by atoms with Gasteiger partial charge >= 0.3 is 0 Å². The molecule has 1 aliphatic heterocycles. The Kier molecular flexibility index (Phi) is 6.29. The predicted molar refractivity (Wildman–Crippen MR) is 114 cm³/mol. The summed E-state index contributed by atoms with van der Waals surface area (Å²) in [5.74, 6) is -1.24. The Morgan fingerprint density at radius 2 is 2.07 bits per heavy atom. The fourth-order valence-electron chi connectivity index (χ4n) is 3.78. The second-order valence-corrected chi connectivity index (χ2v) is 11.5. The zero-order chi connectivity index (χ0) is 21.3. The van der Waals surface area contributed by atoms with Crippen LogP contribution in [0.15, 0.2) is 28.2 Å². The predicted octanol–water partition coefficient (Wildman–Crippen LogP) is 2.96. The van der Waals surface area contributed by atoms with Gasteiger partial charge in [-0.05, 0) is 44.1 Å². The molecule has 2 aromatic rings. The fourth-order valence-corrected chi connectivity index (χ4v) is 6.51. The van der Waals surface area contributed by atoms with Gasteiger partial charge in [0, 0.05) is 25.0 Å². The Morgan fingerprint density at radius 1 is 1.33 bits per heavy atom. The zero-order valence-corrected chi connectivity index (χ0v) is 18.5. The number of pyridine rings is 1. The molecule has 1 atom stereocenters. The highest BCUT2D eigenvalue weighted by Crippen LogP contribution is 2.38. The molecule has 30 heavy (non-hydrogen) atoms. The van der Waals surface area contributed by atoms with Gasteiger partial charge in [0.15, 0.2) is 15.0 Å². The van der Waals surface area contributed by atoms with Crippen molar-refractivity contribution in [1.82, 2.24) is 9.97 Å². The molecule has 0 bridgehead atoms. The quantitative estimate of drug-likeness (QED) is 0.640. The van der Waals surface area contributed by atoms with E-state index >= 15 is 0 Å². The number of rotatable bonds is 7. The molecular weight excluding hydrogens is 450 g/mol. The molecule has 2 fully saturated rings. The van der Waals surface area contributed by atoms with E-state index in [-0.39, 0.29) is 16.4 Å². The molecule has 0 spiro atoms. The van der Waals surface area contributed by atoms with Crippen LogP contribution in [0.25, 0.3) is 0 Å². The highest BCUT2D eigenvalue weighted by atomic mass is 35.5. The molecule has 1 amide bonds. The lowest BCUT2D eigenvalue weighted by molar-refractivity contribution is -0.118. The fraction of sp³-hybridized carbons (Fsp3) is 0.526. The van der Waals surface area contributed by atoms with Crippen molar-refractivity contribution in [2.24, 2.45) is 5.92 Å². The Hall–Kier alpha value is -1.75. The molecule has 1 aliphatic carbocycles. The van der Waals surface area contributed by atoms with Crippen LogP contribution in [0, 0.1) is 5.92 Å². The van der Waals surface area contributed by atoms with Crippen LogP contribution in [-0.2, 0) is 19.4 Å². The third kappa shape index (κ3) is 4.61. The first kappa shape index (κ1) is 21.5. The van der Waals surface area contributed by atoms with E-state index in [0.29, 0.717) is 41.9 Å². The van der Waals surface area contributed by atoms with Gasteiger partial charge in [-0.2, -0.15) is 0 Å². The summed E-state index contributed by atoms with van der Waals surface area (Å²) in [5, 5.41) is 2.53. The summed E-state index contributed by atoms with van der Waals surface area (Å²) < 4.78 is 31.8. The molecule has 2 aliphatic rings. The Bertz CT molecular complexity index is 1090. The third-order valence-corrected chi connectivity index (χ3v) is 8.86. The van der Waals surface area contributed by atoms with Crippen molar-refractivity contribution in [2.45, 2.75) is 48.2 Å². The lowest BCUT2D eigenvalue weighted by Gasteiger charge is -2.26. The minimum Gasteiger partial charge on any atom is -0.381 e. The molecule has 0 unspecified atom stereocenters. The summed E-state index contributed by atoms with van der Waals surface area (Å²) in [6, 6.07) is 1.40. The van der Waals surface area contributed by atoms with Gasteiger partial charge in [-0.25, -0.2) is 13.4 Å². The number of sulfone groups is 1. The van der Waals surface area contributed by atoms with Crippen LogP contribution < -0.4 is 10.9 Å². The molecule has 162 valence electrons. The minimum atomic E-state index is -3.67. The number of carbonyl (C=O) groups excluding carboxylic acids is 1. The number of hydrogen-bond acceptors (Lipinski definition) is 7. The van der Waals surface area contributed by atoms with Gasteiger partial charge in [0.05, 0.1) is 22.3 Å². The Balaban J connectivity index is 1.73. The minimum absolute atomic E-state index is 0.0102.